The Morgan fingerprint density at radius 1 is 1.14 bits per heavy atom. The molecule has 1 saturated heterocycles. The van der Waals surface area contributed by atoms with Crippen LogP contribution in [-0.4, -0.2) is 40.4 Å². The Morgan fingerprint density at radius 2 is 1.82 bits per heavy atom. The first-order valence-electron chi connectivity index (χ1n) is 7.25. The van der Waals surface area contributed by atoms with Crippen molar-refractivity contribution in [2.75, 3.05) is 7.11 Å². The number of methoxy groups -OCH3 is 1. The number of hydrogen-bond acceptors (Lipinski definition) is 5. The normalized spacial score (nSPS) is 19.4. The molecule has 7 heteroatoms. The standard InChI is InChI=1S/C15H20BN3O3/c1-14(2)15(3,4)22-16(21-14)13-10-17-19(18-13)11-7-6-8-12(9-11)20-5/h6-10H,1-5H3. The van der Waals surface area contributed by atoms with E-state index in [9.17, 15) is 0 Å². The number of ether oxygens (including phenoxy) is 1. The van der Waals surface area contributed by atoms with Crippen molar-refractivity contribution in [3.05, 3.63) is 30.5 Å². The lowest BCUT2D eigenvalue weighted by molar-refractivity contribution is 0.00578. The number of nitrogens with zero attached hydrogens (tertiary/aromatic N) is 3. The molecule has 1 aromatic carbocycles. The van der Waals surface area contributed by atoms with Crippen LogP contribution in [-0.2, 0) is 9.31 Å². The molecular formula is C15H20BN3O3. The molecule has 0 N–H and O–H groups in total. The molecule has 1 aromatic heterocycles. The Labute approximate surface area is 130 Å². The number of rotatable bonds is 3. The Balaban J connectivity index is 1.86. The van der Waals surface area contributed by atoms with E-state index in [1.807, 2.05) is 52.0 Å². The molecule has 1 fully saturated rings. The average molecular weight is 301 g/mol. The molecule has 0 saturated carbocycles. The van der Waals surface area contributed by atoms with E-state index < -0.39 is 18.3 Å². The molecular weight excluding hydrogens is 281 g/mol. The molecule has 0 radical (unpaired) electrons. The molecule has 0 aliphatic carbocycles. The molecule has 0 amide bonds. The van der Waals surface area contributed by atoms with Gasteiger partial charge in [-0.3, -0.25) is 0 Å². The third kappa shape index (κ3) is 2.50. The molecule has 0 spiro atoms. The predicted molar refractivity (Wildman–Crippen MR) is 83.6 cm³/mol. The van der Waals surface area contributed by atoms with Crippen LogP contribution in [0.1, 0.15) is 27.7 Å². The van der Waals surface area contributed by atoms with Gasteiger partial charge in [0.15, 0.2) is 0 Å². The second-order valence-electron chi connectivity index (χ2n) is 6.35. The molecule has 2 aromatic rings. The van der Waals surface area contributed by atoms with Gasteiger partial charge >= 0.3 is 7.12 Å². The largest absolute Gasteiger partial charge is 0.518 e. The van der Waals surface area contributed by atoms with E-state index in [1.54, 1.807) is 18.1 Å². The lowest BCUT2D eigenvalue weighted by Gasteiger charge is -2.32. The second-order valence-corrected chi connectivity index (χ2v) is 6.35. The number of benzene rings is 1. The van der Waals surface area contributed by atoms with Gasteiger partial charge in [-0.2, -0.15) is 15.0 Å². The summed E-state index contributed by atoms with van der Waals surface area (Å²) in [7, 11) is 1.12. The summed E-state index contributed by atoms with van der Waals surface area (Å²) in [5.74, 6) is 0.756. The zero-order valence-electron chi connectivity index (χ0n) is 13.5. The molecule has 0 bridgehead atoms. The quantitative estimate of drug-likeness (QED) is 0.806. The van der Waals surface area contributed by atoms with Crippen molar-refractivity contribution >= 4 is 12.7 Å². The highest BCUT2D eigenvalue weighted by Crippen LogP contribution is 2.36. The minimum Gasteiger partial charge on any atom is -0.497 e. The predicted octanol–water partition coefficient (Wildman–Crippen LogP) is 1.58. The molecule has 3 rings (SSSR count). The van der Waals surface area contributed by atoms with Gasteiger partial charge in [-0.1, -0.05) is 6.07 Å². The van der Waals surface area contributed by atoms with Crippen molar-refractivity contribution < 1.29 is 14.0 Å². The highest BCUT2D eigenvalue weighted by atomic mass is 16.7. The van der Waals surface area contributed by atoms with Gasteiger partial charge in [0.05, 0.1) is 30.2 Å². The van der Waals surface area contributed by atoms with Crippen LogP contribution in [0, 0.1) is 0 Å². The maximum absolute atomic E-state index is 5.98. The van der Waals surface area contributed by atoms with Gasteiger partial charge in [-0.15, -0.1) is 0 Å². The van der Waals surface area contributed by atoms with E-state index in [2.05, 4.69) is 10.2 Å². The summed E-state index contributed by atoms with van der Waals surface area (Å²) >= 11 is 0. The van der Waals surface area contributed by atoms with Crippen LogP contribution in [0.3, 0.4) is 0 Å². The third-order valence-corrected chi connectivity index (χ3v) is 4.29. The number of hydrogen-bond donors (Lipinski definition) is 0. The Kier molecular flexibility index (Phi) is 3.49. The summed E-state index contributed by atoms with van der Waals surface area (Å²) in [5, 5.41) is 8.76. The van der Waals surface area contributed by atoms with Gasteiger partial charge in [0.2, 0.25) is 0 Å². The summed E-state index contributed by atoms with van der Waals surface area (Å²) in [6.45, 7) is 8.05. The third-order valence-electron chi connectivity index (χ3n) is 4.29. The van der Waals surface area contributed by atoms with Crippen LogP contribution in [0.5, 0.6) is 5.75 Å². The molecule has 6 nitrogen and oxygen atoms in total. The zero-order chi connectivity index (χ0) is 16.0. The van der Waals surface area contributed by atoms with E-state index >= 15 is 0 Å². The van der Waals surface area contributed by atoms with E-state index in [4.69, 9.17) is 14.0 Å². The lowest BCUT2D eigenvalue weighted by Crippen LogP contribution is -2.41. The lowest BCUT2D eigenvalue weighted by atomic mass is 9.86. The van der Waals surface area contributed by atoms with Crippen molar-refractivity contribution in [3.8, 4) is 11.4 Å². The van der Waals surface area contributed by atoms with Crippen LogP contribution >= 0.6 is 0 Å². The maximum atomic E-state index is 5.98. The van der Waals surface area contributed by atoms with Gasteiger partial charge in [0.25, 0.3) is 0 Å². The Morgan fingerprint density at radius 3 is 2.45 bits per heavy atom. The summed E-state index contributed by atoms with van der Waals surface area (Å²) in [4.78, 5) is 1.54. The molecule has 0 atom stereocenters. The van der Waals surface area contributed by atoms with E-state index in [1.165, 1.54) is 0 Å². The van der Waals surface area contributed by atoms with Crippen molar-refractivity contribution in [2.24, 2.45) is 0 Å². The maximum Gasteiger partial charge on any atom is 0.518 e. The van der Waals surface area contributed by atoms with E-state index in [0.717, 1.165) is 11.4 Å². The van der Waals surface area contributed by atoms with Gasteiger partial charge in [-0.05, 0) is 39.8 Å². The fraction of sp³-hybridized carbons (Fsp3) is 0.467. The van der Waals surface area contributed by atoms with Gasteiger partial charge in [-0.25, -0.2) is 0 Å². The summed E-state index contributed by atoms with van der Waals surface area (Å²) in [6.07, 6.45) is 1.67. The Hall–Kier alpha value is -1.86. The molecule has 1 aliphatic rings. The van der Waals surface area contributed by atoms with Crippen LogP contribution in [0.2, 0.25) is 0 Å². The SMILES string of the molecule is COc1cccc(-n2ncc(B3OC(C)(C)C(C)(C)O3)n2)c1. The van der Waals surface area contributed by atoms with Gasteiger partial charge in [0, 0.05) is 6.07 Å². The minimum absolute atomic E-state index is 0.391. The summed E-state index contributed by atoms with van der Waals surface area (Å²) in [5.41, 5.74) is 0.693. The van der Waals surface area contributed by atoms with Gasteiger partial charge in [0.1, 0.15) is 11.3 Å². The minimum atomic E-state index is -0.510. The average Bonchev–Trinajstić information content (AvgIpc) is 3.02. The molecule has 2 heterocycles. The first kappa shape index (κ1) is 15.1. The Bertz CT molecular complexity index is 668. The molecule has 22 heavy (non-hydrogen) atoms. The first-order valence-corrected chi connectivity index (χ1v) is 7.25. The molecule has 116 valence electrons. The second kappa shape index (κ2) is 5.10. The van der Waals surface area contributed by atoms with Crippen molar-refractivity contribution in [3.63, 3.8) is 0 Å². The first-order chi connectivity index (χ1) is 10.3. The molecule has 1 aliphatic heterocycles. The van der Waals surface area contributed by atoms with Gasteiger partial charge < -0.3 is 14.0 Å². The molecule has 0 unspecified atom stereocenters. The smallest absolute Gasteiger partial charge is 0.497 e. The number of aromatic nitrogens is 3. The van der Waals surface area contributed by atoms with Crippen LogP contribution < -0.4 is 10.3 Å². The van der Waals surface area contributed by atoms with Crippen molar-refractivity contribution in [1.82, 2.24) is 15.0 Å². The monoisotopic (exact) mass is 301 g/mol. The van der Waals surface area contributed by atoms with E-state index in [0.29, 0.717) is 5.59 Å². The van der Waals surface area contributed by atoms with Crippen molar-refractivity contribution in [1.29, 1.82) is 0 Å². The topological polar surface area (TPSA) is 58.4 Å². The van der Waals surface area contributed by atoms with E-state index in [-0.39, 0.29) is 0 Å². The van der Waals surface area contributed by atoms with Crippen LogP contribution in [0.15, 0.2) is 30.5 Å². The van der Waals surface area contributed by atoms with Crippen LogP contribution in [0.25, 0.3) is 5.69 Å². The fourth-order valence-corrected chi connectivity index (χ4v) is 2.21. The summed E-state index contributed by atoms with van der Waals surface area (Å²) < 4.78 is 17.2. The highest BCUT2D eigenvalue weighted by Gasteiger charge is 2.52. The zero-order valence-corrected chi connectivity index (χ0v) is 13.5. The summed E-state index contributed by atoms with van der Waals surface area (Å²) in [6, 6.07) is 7.55. The van der Waals surface area contributed by atoms with Crippen LogP contribution in [0.4, 0.5) is 0 Å². The van der Waals surface area contributed by atoms with Crippen molar-refractivity contribution in [2.45, 2.75) is 38.9 Å². The highest BCUT2D eigenvalue weighted by molar-refractivity contribution is 6.61. The fourth-order valence-electron chi connectivity index (χ4n) is 2.21.